The molecule has 1 atom stereocenters. The van der Waals surface area contributed by atoms with Gasteiger partial charge in [0.15, 0.2) is 5.17 Å². The lowest BCUT2D eigenvalue weighted by Gasteiger charge is -2.16. The number of carbonyl (C=O) groups is 2. The molecule has 3 rings (SSSR count). The van der Waals surface area contributed by atoms with Crippen LogP contribution >= 0.6 is 11.8 Å². The first-order valence-corrected chi connectivity index (χ1v) is 8.91. The Labute approximate surface area is 151 Å². The molecule has 0 radical (unpaired) electrons. The second kappa shape index (κ2) is 7.98. The average molecular weight is 353 g/mol. The molecule has 2 aromatic carbocycles. The van der Waals surface area contributed by atoms with Gasteiger partial charge in [0, 0.05) is 13.5 Å². The maximum absolute atomic E-state index is 12.8. The van der Waals surface area contributed by atoms with Crippen LogP contribution in [-0.4, -0.2) is 34.2 Å². The van der Waals surface area contributed by atoms with Crippen molar-refractivity contribution in [3.8, 4) is 0 Å². The maximum atomic E-state index is 12.8. The number of benzene rings is 2. The number of para-hydroxylation sites is 1. The van der Waals surface area contributed by atoms with Gasteiger partial charge in [0.2, 0.25) is 11.8 Å². The Morgan fingerprint density at radius 2 is 1.76 bits per heavy atom. The van der Waals surface area contributed by atoms with E-state index in [4.69, 9.17) is 0 Å². The molecule has 0 bridgehead atoms. The third-order valence-electron chi connectivity index (χ3n) is 3.83. The van der Waals surface area contributed by atoms with Gasteiger partial charge in [-0.1, -0.05) is 60.3 Å². The van der Waals surface area contributed by atoms with Crippen molar-refractivity contribution in [1.29, 1.82) is 0 Å². The van der Waals surface area contributed by atoms with Gasteiger partial charge < -0.3 is 5.32 Å². The maximum Gasteiger partial charge on any atom is 0.242 e. The van der Waals surface area contributed by atoms with Gasteiger partial charge in [0.25, 0.3) is 0 Å². The van der Waals surface area contributed by atoms with Crippen LogP contribution in [0.15, 0.2) is 65.7 Å². The van der Waals surface area contributed by atoms with Crippen LogP contribution in [0.25, 0.3) is 0 Å². The number of nitrogens with zero attached hydrogens (tertiary/aromatic N) is 2. The van der Waals surface area contributed by atoms with Gasteiger partial charge in [-0.05, 0) is 17.7 Å². The summed E-state index contributed by atoms with van der Waals surface area (Å²) in [4.78, 5) is 30.8. The Hall–Kier alpha value is -2.60. The molecule has 6 heteroatoms. The van der Waals surface area contributed by atoms with Crippen LogP contribution in [0.2, 0.25) is 0 Å². The second-order valence-corrected chi connectivity index (χ2v) is 6.79. The summed E-state index contributed by atoms with van der Waals surface area (Å²) >= 11 is 1.35. The smallest absolute Gasteiger partial charge is 0.242 e. The van der Waals surface area contributed by atoms with Crippen molar-refractivity contribution in [3.05, 3.63) is 66.2 Å². The first-order valence-electron chi connectivity index (χ1n) is 8.03. The highest BCUT2D eigenvalue weighted by Gasteiger charge is 2.39. The summed E-state index contributed by atoms with van der Waals surface area (Å²) in [5.41, 5.74) is 1.81. The lowest BCUT2D eigenvalue weighted by Crippen LogP contribution is -2.33. The molecule has 0 aromatic heterocycles. The molecular weight excluding hydrogens is 334 g/mol. The van der Waals surface area contributed by atoms with Crippen LogP contribution < -0.4 is 5.32 Å². The molecule has 1 saturated heterocycles. The summed E-state index contributed by atoms with van der Waals surface area (Å²) in [5, 5.41) is 2.77. The fraction of sp³-hybridized carbons (Fsp3) is 0.211. The average Bonchev–Trinajstić information content (AvgIpc) is 2.92. The van der Waals surface area contributed by atoms with Gasteiger partial charge in [-0.25, -0.2) is 4.99 Å². The van der Waals surface area contributed by atoms with E-state index in [0.29, 0.717) is 11.7 Å². The third kappa shape index (κ3) is 4.28. The van der Waals surface area contributed by atoms with Gasteiger partial charge in [-0.15, -0.1) is 0 Å². The summed E-state index contributed by atoms with van der Waals surface area (Å²) < 4.78 is 0. The molecule has 25 heavy (non-hydrogen) atoms. The highest BCUT2D eigenvalue weighted by atomic mass is 32.2. The fourth-order valence-corrected chi connectivity index (χ4v) is 3.68. The fourth-order valence-electron chi connectivity index (χ4n) is 2.52. The van der Waals surface area contributed by atoms with Crippen molar-refractivity contribution in [2.45, 2.75) is 18.2 Å². The molecule has 2 amide bonds. The predicted octanol–water partition coefficient (Wildman–Crippen LogP) is 2.95. The van der Waals surface area contributed by atoms with Gasteiger partial charge >= 0.3 is 0 Å². The first kappa shape index (κ1) is 17.2. The molecule has 5 nitrogen and oxygen atoms in total. The number of carbonyl (C=O) groups excluding carboxylic acids is 2. The number of amidine groups is 1. The Balaban J connectivity index is 1.87. The normalized spacial score (nSPS) is 18.6. The number of thioether (sulfide) groups is 1. The first-order chi connectivity index (χ1) is 12.2. The van der Waals surface area contributed by atoms with Crippen molar-refractivity contribution in [1.82, 2.24) is 10.2 Å². The van der Waals surface area contributed by atoms with E-state index in [2.05, 4.69) is 10.3 Å². The highest BCUT2D eigenvalue weighted by Crippen LogP contribution is 2.32. The zero-order chi connectivity index (χ0) is 17.6. The molecule has 1 fully saturated rings. The van der Waals surface area contributed by atoms with Crippen molar-refractivity contribution in [2.24, 2.45) is 4.99 Å². The Bertz CT molecular complexity index is 778. The summed E-state index contributed by atoms with van der Waals surface area (Å²) in [6.07, 6.45) is 0.152. The van der Waals surface area contributed by atoms with E-state index in [1.165, 1.54) is 11.8 Å². The minimum Gasteiger partial charge on any atom is -0.359 e. The molecule has 1 aliphatic rings. The van der Waals surface area contributed by atoms with E-state index >= 15 is 0 Å². The number of nitrogens with one attached hydrogen (secondary N) is 1. The van der Waals surface area contributed by atoms with E-state index in [9.17, 15) is 9.59 Å². The summed E-state index contributed by atoms with van der Waals surface area (Å²) in [5.74, 6) is -0.224. The monoisotopic (exact) mass is 353 g/mol. The molecular formula is C19H19N3O2S. The number of hydrogen-bond donors (Lipinski definition) is 1. The zero-order valence-electron chi connectivity index (χ0n) is 13.9. The van der Waals surface area contributed by atoms with Crippen molar-refractivity contribution in [3.63, 3.8) is 0 Å². The van der Waals surface area contributed by atoms with Crippen molar-refractivity contribution in [2.75, 3.05) is 7.05 Å². The molecule has 0 unspecified atom stereocenters. The molecule has 128 valence electrons. The van der Waals surface area contributed by atoms with Gasteiger partial charge in [0.1, 0.15) is 5.25 Å². The quantitative estimate of drug-likeness (QED) is 0.899. The zero-order valence-corrected chi connectivity index (χ0v) is 14.7. The largest absolute Gasteiger partial charge is 0.359 e. The molecule has 1 N–H and O–H groups in total. The minimum absolute atomic E-state index is 0.0767. The van der Waals surface area contributed by atoms with E-state index in [0.717, 1.165) is 11.3 Å². The topological polar surface area (TPSA) is 61.8 Å². The van der Waals surface area contributed by atoms with Crippen molar-refractivity contribution >= 4 is 34.4 Å². The summed E-state index contributed by atoms with van der Waals surface area (Å²) in [7, 11) is 1.58. The van der Waals surface area contributed by atoms with E-state index in [-0.39, 0.29) is 18.2 Å². The number of aliphatic imine (C=N–C) groups is 1. The van der Waals surface area contributed by atoms with Gasteiger partial charge in [-0.3, -0.25) is 14.5 Å². The van der Waals surface area contributed by atoms with E-state index in [1.54, 1.807) is 11.9 Å². The molecule has 1 heterocycles. The van der Waals surface area contributed by atoms with E-state index in [1.807, 2.05) is 60.7 Å². The SMILES string of the molecule is CNC(=O)C[C@@H]1SC(=Nc2ccccc2)N(Cc2ccccc2)C1=O. The predicted molar refractivity (Wildman–Crippen MR) is 101 cm³/mol. The Kier molecular flexibility index (Phi) is 5.50. The van der Waals surface area contributed by atoms with Crippen LogP contribution in [0.3, 0.4) is 0 Å². The lowest BCUT2D eigenvalue weighted by molar-refractivity contribution is -0.129. The van der Waals surface area contributed by atoms with Crippen LogP contribution in [0.5, 0.6) is 0 Å². The second-order valence-electron chi connectivity index (χ2n) is 5.62. The lowest BCUT2D eigenvalue weighted by atomic mass is 10.2. The molecule has 2 aromatic rings. The Morgan fingerprint density at radius 1 is 1.12 bits per heavy atom. The highest BCUT2D eigenvalue weighted by molar-refractivity contribution is 8.15. The summed E-state index contributed by atoms with van der Waals surface area (Å²) in [6, 6.07) is 19.3. The van der Waals surface area contributed by atoms with Crippen LogP contribution in [0.1, 0.15) is 12.0 Å². The summed E-state index contributed by atoms with van der Waals surface area (Å²) in [6.45, 7) is 0.447. The molecule has 1 aliphatic heterocycles. The number of amides is 2. The number of hydrogen-bond acceptors (Lipinski definition) is 4. The van der Waals surface area contributed by atoms with Crippen LogP contribution in [0.4, 0.5) is 5.69 Å². The van der Waals surface area contributed by atoms with Crippen LogP contribution in [-0.2, 0) is 16.1 Å². The molecule has 0 spiro atoms. The molecule has 0 saturated carbocycles. The third-order valence-corrected chi connectivity index (χ3v) is 5.01. The molecule has 0 aliphatic carbocycles. The minimum atomic E-state index is -0.439. The van der Waals surface area contributed by atoms with Gasteiger partial charge in [0.05, 0.1) is 12.2 Å². The van der Waals surface area contributed by atoms with E-state index < -0.39 is 5.25 Å². The Morgan fingerprint density at radius 3 is 2.40 bits per heavy atom. The van der Waals surface area contributed by atoms with Crippen molar-refractivity contribution < 1.29 is 9.59 Å². The standard InChI is InChI=1S/C19H19N3O2S/c1-20-17(23)12-16-18(24)22(13-14-8-4-2-5-9-14)19(25-16)21-15-10-6-3-7-11-15/h2-11,16H,12-13H2,1H3,(H,20,23)/t16-/m0/s1. The van der Waals surface area contributed by atoms with Crippen LogP contribution in [0, 0.1) is 0 Å². The number of rotatable bonds is 5. The van der Waals surface area contributed by atoms with Gasteiger partial charge in [-0.2, -0.15) is 0 Å².